The van der Waals surface area contributed by atoms with Crippen LogP contribution in [0.15, 0.2) is 78.2 Å². The van der Waals surface area contributed by atoms with Gasteiger partial charge in [0.15, 0.2) is 0 Å². The summed E-state index contributed by atoms with van der Waals surface area (Å²) in [5.41, 5.74) is 6.70. The number of aryl methyl sites for hydroxylation is 3. The summed E-state index contributed by atoms with van der Waals surface area (Å²) in [5.74, 6) is -0.951. The van der Waals surface area contributed by atoms with Crippen molar-refractivity contribution in [3.63, 3.8) is 0 Å². The predicted octanol–water partition coefficient (Wildman–Crippen LogP) is 7.07. The summed E-state index contributed by atoms with van der Waals surface area (Å²) >= 11 is 1.64. The summed E-state index contributed by atoms with van der Waals surface area (Å²) in [6.07, 6.45) is 0. The maximum absolute atomic E-state index is 13.4. The van der Waals surface area contributed by atoms with Gasteiger partial charge in [0, 0.05) is 27.1 Å². The number of rotatable bonds is 5. The Morgan fingerprint density at radius 2 is 1.40 bits per heavy atom. The summed E-state index contributed by atoms with van der Waals surface area (Å²) in [6, 6.07) is 23.1. The molecule has 3 aromatic carbocycles. The van der Waals surface area contributed by atoms with Gasteiger partial charge in [-0.2, -0.15) is 0 Å². The molecular weight excluding hydrogens is 388 g/mol. The average molecular weight is 411 g/mol. The summed E-state index contributed by atoms with van der Waals surface area (Å²) < 4.78 is 0. The predicted molar refractivity (Wildman–Crippen MR) is 125 cm³/mol. The molecule has 4 rings (SSSR count). The minimum absolute atomic E-state index is 0.439. The molecule has 1 aromatic heterocycles. The van der Waals surface area contributed by atoms with Crippen LogP contribution >= 0.6 is 11.3 Å². The quantitative estimate of drug-likeness (QED) is 0.260. The van der Waals surface area contributed by atoms with Crippen LogP contribution in [0.2, 0.25) is 0 Å². The Labute approximate surface area is 180 Å². The molecule has 0 radical (unpaired) electrons. The molecule has 3 heteroatoms. The number of carbonyl (C=O) groups is 2. The second kappa shape index (κ2) is 8.21. The van der Waals surface area contributed by atoms with E-state index in [1.807, 2.05) is 62.4 Å². The third-order valence-corrected chi connectivity index (χ3v) is 6.14. The molecule has 148 valence electrons. The summed E-state index contributed by atoms with van der Waals surface area (Å²) in [4.78, 5) is 27.6. The second-order valence-electron chi connectivity index (χ2n) is 7.62. The van der Waals surface area contributed by atoms with Gasteiger partial charge >= 0.3 is 0 Å². The first-order chi connectivity index (χ1) is 14.4. The Bertz CT molecular complexity index is 1230. The van der Waals surface area contributed by atoms with Crippen LogP contribution in [-0.2, 0) is 0 Å². The smallest absolute Gasteiger partial charge is 0.234 e. The van der Waals surface area contributed by atoms with Gasteiger partial charge in [-0.05, 0) is 55.5 Å². The van der Waals surface area contributed by atoms with E-state index in [1.54, 1.807) is 29.5 Å². The highest BCUT2D eigenvalue weighted by molar-refractivity contribution is 7.13. The molecule has 0 aliphatic carbocycles. The topological polar surface area (TPSA) is 34.1 Å². The van der Waals surface area contributed by atoms with Gasteiger partial charge in [-0.3, -0.25) is 9.59 Å². The van der Waals surface area contributed by atoms with Crippen LogP contribution in [0.3, 0.4) is 0 Å². The van der Waals surface area contributed by atoms with Crippen molar-refractivity contribution in [2.45, 2.75) is 20.8 Å². The first-order valence-electron chi connectivity index (χ1n) is 9.85. The van der Waals surface area contributed by atoms with Gasteiger partial charge in [-0.1, -0.05) is 65.7 Å². The van der Waals surface area contributed by atoms with E-state index in [9.17, 15) is 9.59 Å². The van der Waals surface area contributed by atoms with Crippen LogP contribution in [0.25, 0.3) is 21.6 Å². The van der Waals surface area contributed by atoms with Crippen LogP contribution < -0.4 is 0 Å². The molecule has 4 aromatic rings. The van der Waals surface area contributed by atoms with Gasteiger partial charge in [0.1, 0.15) is 0 Å². The van der Waals surface area contributed by atoms with Gasteiger partial charge in [0.05, 0.1) is 0 Å². The molecule has 0 saturated carbocycles. The number of carbonyl (C=O) groups excluding carboxylic acids is 2. The van der Waals surface area contributed by atoms with Gasteiger partial charge in [0.2, 0.25) is 11.6 Å². The van der Waals surface area contributed by atoms with Gasteiger partial charge < -0.3 is 0 Å². The lowest BCUT2D eigenvalue weighted by Gasteiger charge is -2.14. The van der Waals surface area contributed by atoms with Crippen LogP contribution in [0.4, 0.5) is 0 Å². The molecule has 2 nitrogen and oxygen atoms in total. The lowest BCUT2D eigenvalue weighted by molar-refractivity contribution is 0.0817. The molecule has 0 aliphatic heterocycles. The molecule has 0 unspecified atom stereocenters. The Morgan fingerprint density at radius 1 is 0.700 bits per heavy atom. The van der Waals surface area contributed by atoms with E-state index < -0.39 is 11.6 Å². The highest BCUT2D eigenvalue weighted by Crippen LogP contribution is 2.38. The van der Waals surface area contributed by atoms with Gasteiger partial charge in [-0.15, -0.1) is 11.3 Å². The van der Waals surface area contributed by atoms with Crippen LogP contribution in [0.5, 0.6) is 0 Å². The molecule has 0 N–H and O–H groups in total. The van der Waals surface area contributed by atoms with E-state index in [0.717, 1.165) is 32.7 Å². The summed E-state index contributed by atoms with van der Waals surface area (Å²) in [7, 11) is 0. The molecule has 1 heterocycles. The van der Waals surface area contributed by atoms with Crippen molar-refractivity contribution in [1.82, 2.24) is 0 Å². The van der Waals surface area contributed by atoms with Crippen LogP contribution in [-0.4, -0.2) is 11.6 Å². The molecule has 30 heavy (non-hydrogen) atoms. The van der Waals surface area contributed by atoms with Crippen LogP contribution in [0.1, 0.15) is 37.4 Å². The Morgan fingerprint density at radius 3 is 2.03 bits per heavy atom. The highest BCUT2D eigenvalue weighted by atomic mass is 32.1. The molecule has 0 spiro atoms. The highest BCUT2D eigenvalue weighted by Gasteiger charge is 2.24. The molecule has 0 saturated heterocycles. The molecule has 0 amide bonds. The van der Waals surface area contributed by atoms with Gasteiger partial charge in [0.25, 0.3) is 0 Å². The van der Waals surface area contributed by atoms with E-state index >= 15 is 0 Å². The van der Waals surface area contributed by atoms with Gasteiger partial charge in [-0.25, -0.2) is 0 Å². The number of Topliss-reactive ketones (excluding diaryl/α,β-unsaturated/α-hetero) is 2. The first-order valence-corrected chi connectivity index (χ1v) is 10.7. The zero-order valence-corrected chi connectivity index (χ0v) is 18.0. The minimum atomic E-state index is -0.478. The Balaban J connectivity index is 1.89. The molecular formula is C27H22O2S. The molecule has 0 atom stereocenters. The zero-order valence-electron chi connectivity index (χ0n) is 17.2. The zero-order chi connectivity index (χ0) is 21.3. The van der Waals surface area contributed by atoms with Crippen molar-refractivity contribution < 1.29 is 9.59 Å². The molecule has 0 fully saturated rings. The van der Waals surface area contributed by atoms with E-state index in [4.69, 9.17) is 0 Å². The van der Waals surface area contributed by atoms with Crippen LogP contribution in [0, 0.1) is 20.8 Å². The van der Waals surface area contributed by atoms with Crippen molar-refractivity contribution >= 4 is 22.9 Å². The van der Waals surface area contributed by atoms with E-state index in [0.29, 0.717) is 11.1 Å². The summed E-state index contributed by atoms with van der Waals surface area (Å²) in [5, 5.41) is 2.10. The standard InChI is InChI=1S/C27H22O2S/c1-17-12-18(2)14-21(13-17)26(28)27(29)23-11-7-10-22(24-15-19(3)16-30-24)25(23)20-8-5-4-6-9-20/h4-16H,1-3H3. The second-order valence-corrected chi connectivity index (χ2v) is 8.53. The first kappa shape index (κ1) is 20.0. The lowest BCUT2D eigenvalue weighted by atomic mass is 9.89. The third-order valence-electron chi connectivity index (χ3n) is 5.06. The fraction of sp³-hybridized carbons (Fsp3) is 0.111. The van der Waals surface area contributed by atoms with Crippen molar-refractivity contribution in [1.29, 1.82) is 0 Å². The maximum atomic E-state index is 13.4. The maximum Gasteiger partial charge on any atom is 0.234 e. The fourth-order valence-electron chi connectivity index (χ4n) is 3.79. The monoisotopic (exact) mass is 410 g/mol. The van der Waals surface area contributed by atoms with E-state index in [1.165, 1.54) is 5.56 Å². The third kappa shape index (κ3) is 3.89. The fourth-order valence-corrected chi connectivity index (χ4v) is 4.73. The van der Waals surface area contributed by atoms with E-state index in [-0.39, 0.29) is 0 Å². The van der Waals surface area contributed by atoms with Crippen molar-refractivity contribution in [2.75, 3.05) is 0 Å². The Hall–Kier alpha value is -3.30. The van der Waals surface area contributed by atoms with Crippen molar-refractivity contribution in [3.05, 3.63) is 106 Å². The molecule has 0 bridgehead atoms. The van der Waals surface area contributed by atoms with Crippen molar-refractivity contribution in [2.24, 2.45) is 0 Å². The number of hydrogen-bond acceptors (Lipinski definition) is 3. The van der Waals surface area contributed by atoms with E-state index in [2.05, 4.69) is 18.4 Å². The summed E-state index contributed by atoms with van der Waals surface area (Å²) in [6.45, 7) is 5.92. The Kier molecular flexibility index (Phi) is 5.47. The minimum Gasteiger partial charge on any atom is -0.285 e. The number of ketones is 2. The lowest BCUT2D eigenvalue weighted by Crippen LogP contribution is -2.16. The average Bonchev–Trinajstić information content (AvgIpc) is 3.18. The SMILES string of the molecule is Cc1cc(C)cc(C(=O)C(=O)c2cccc(-c3cc(C)cs3)c2-c2ccccc2)c1. The number of hydrogen-bond donors (Lipinski definition) is 0. The largest absolute Gasteiger partial charge is 0.285 e. The van der Waals surface area contributed by atoms with Crippen molar-refractivity contribution in [3.8, 4) is 21.6 Å². The molecule has 0 aliphatic rings. The normalized spacial score (nSPS) is 10.8. The number of benzene rings is 3. The number of thiophene rings is 1.